The van der Waals surface area contributed by atoms with Gasteiger partial charge in [0, 0.05) is 24.0 Å². The lowest BCUT2D eigenvalue weighted by Crippen LogP contribution is -2.35. The molecule has 0 spiro atoms. The van der Waals surface area contributed by atoms with Crippen LogP contribution in [0.15, 0.2) is 60.7 Å². The molecule has 6 heteroatoms. The number of carbonyl (C=O) groups excluding carboxylic acids is 1. The number of amides is 1. The van der Waals surface area contributed by atoms with Crippen LogP contribution in [0.2, 0.25) is 0 Å². The van der Waals surface area contributed by atoms with E-state index in [0.717, 1.165) is 33.6 Å². The fourth-order valence-electron chi connectivity index (χ4n) is 3.89. The average molecular weight is 416 g/mol. The number of aromatic nitrogens is 1. The standard InChI is InChI=1S/C24H21N3O2S/c1-29-18-8-6-16(7-9-18)20-11-10-19-21(25)22(30-23(19)26-20)24(28)27-13-12-15-4-2-3-5-17(15)14-27/h2-11H,12-14,25H2,1H3. The number of hydrogen-bond acceptors (Lipinski definition) is 5. The summed E-state index contributed by atoms with van der Waals surface area (Å²) in [6.07, 6.45) is 0.868. The minimum Gasteiger partial charge on any atom is -0.497 e. The molecule has 0 bridgehead atoms. The zero-order chi connectivity index (χ0) is 20.7. The predicted octanol–water partition coefficient (Wildman–Crippen LogP) is 4.75. The van der Waals surface area contributed by atoms with E-state index in [2.05, 4.69) is 12.1 Å². The maximum Gasteiger partial charge on any atom is 0.266 e. The number of carbonyl (C=O) groups is 1. The predicted molar refractivity (Wildman–Crippen MR) is 121 cm³/mol. The summed E-state index contributed by atoms with van der Waals surface area (Å²) in [6, 6.07) is 20.0. The Morgan fingerprint density at radius 3 is 2.60 bits per heavy atom. The van der Waals surface area contributed by atoms with E-state index < -0.39 is 0 Å². The molecule has 0 radical (unpaired) electrons. The van der Waals surface area contributed by atoms with Crippen molar-refractivity contribution in [3.63, 3.8) is 0 Å². The summed E-state index contributed by atoms with van der Waals surface area (Å²) >= 11 is 1.37. The monoisotopic (exact) mass is 415 g/mol. The number of benzene rings is 2. The molecule has 4 aromatic rings. The van der Waals surface area contributed by atoms with Crippen molar-refractivity contribution >= 4 is 33.1 Å². The van der Waals surface area contributed by atoms with Crippen LogP contribution in [0.4, 0.5) is 5.69 Å². The molecule has 1 aliphatic rings. The van der Waals surface area contributed by atoms with E-state index in [1.54, 1.807) is 7.11 Å². The van der Waals surface area contributed by atoms with Gasteiger partial charge in [-0.1, -0.05) is 24.3 Å². The van der Waals surface area contributed by atoms with E-state index in [0.29, 0.717) is 23.7 Å². The molecule has 2 N–H and O–H groups in total. The molecular formula is C24H21N3O2S. The van der Waals surface area contributed by atoms with Crippen LogP contribution >= 0.6 is 11.3 Å². The number of nitrogen functional groups attached to an aromatic ring is 1. The summed E-state index contributed by atoms with van der Waals surface area (Å²) in [6.45, 7) is 1.32. The topological polar surface area (TPSA) is 68.5 Å². The van der Waals surface area contributed by atoms with Crippen LogP contribution in [0.1, 0.15) is 20.8 Å². The number of nitrogens with zero attached hydrogens (tertiary/aromatic N) is 2. The molecule has 0 saturated carbocycles. The van der Waals surface area contributed by atoms with Crippen molar-refractivity contribution in [2.24, 2.45) is 0 Å². The van der Waals surface area contributed by atoms with Crippen molar-refractivity contribution in [1.29, 1.82) is 0 Å². The minimum absolute atomic E-state index is 0.0176. The number of thiophene rings is 1. The summed E-state index contributed by atoms with van der Waals surface area (Å²) in [4.78, 5) is 21.2. The maximum absolute atomic E-state index is 13.2. The molecule has 0 atom stereocenters. The second-order valence-corrected chi connectivity index (χ2v) is 8.37. The highest BCUT2D eigenvalue weighted by Gasteiger charge is 2.26. The zero-order valence-corrected chi connectivity index (χ0v) is 17.4. The summed E-state index contributed by atoms with van der Waals surface area (Å²) in [5.74, 6) is 0.784. The minimum atomic E-state index is -0.0176. The summed E-state index contributed by atoms with van der Waals surface area (Å²) < 4.78 is 5.22. The molecule has 1 aliphatic heterocycles. The van der Waals surface area contributed by atoms with Crippen molar-refractivity contribution in [2.75, 3.05) is 19.4 Å². The number of pyridine rings is 1. The molecule has 1 amide bonds. The van der Waals surface area contributed by atoms with Gasteiger partial charge in [0.2, 0.25) is 0 Å². The first kappa shape index (κ1) is 18.6. The van der Waals surface area contributed by atoms with Crippen molar-refractivity contribution < 1.29 is 9.53 Å². The van der Waals surface area contributed by atoms with Crippen LogP contribution in [-0.4, -0.2) is 29.4 Å². The van der Waals surface area contributed by atoms with E-state index in [9.17, 15) is 4.79 Å². The Kier molecular flexibility index (Phi) is 4.64. The first-order valence-electron chi connectivity index (χ1n) is 9.83. The molecular weight excluding hydrogens is 394 g/mol. The number of rotatable bonds is 3. The third-order valence-electron chi connectivity index (χ3n) is 5.59. The molecule has 0 unspecified atom stereocenters. The number of nitrogens with two attached hydrogens (primary N) is 1. The summed E-state index contributed by atoms with van der Waals surface area (Å²) in [5.41, 5.74) is 11.3. The smallest absolute Gasteiger partial charge is 0.266 e. The Morgan fingerprint density at radius 1 is 1.07 bits per heavy atom. The second kappa shape index (κ2) is 7.46. The Labute approximate surface area is 178 Å². The quantitative estimate of drug-likeness (QED) is 0.524. The number of anilines is 1. The van der Waals surface area contributed by atoms with Gasteiger partial charge in [-0.25, -0.2) is 4.98 Å². The fraction of sp³-hybridized carbons (Fsp3) is 0.167. The molecule has 2 aromatic heterocycles. The number of fused-ring (bicyclic) bond motifs is 2. The number of methoxy groups -OCH3 is 1. The third kappa shape index (κ3) is 3.19. The van der Waals surface area contributed by atoms with Crippen molar-refractivity contribution in [1.82, 2.24) is 9.88 Å². The summed E-state index contributed by atoms with van der Waals surface area (Å²) in [5, 5.41) is 0.832. The van der Waals surface area contributed by atoms with Crippen molar-refractivity contribution in [2.45, 2.75) is 13.0 Å². The number of hydrogen-bond donors (Lipinski definition) is 1. The van der Waals surface area contributed by atoms with E-state index >= 15 is 0 Å². The van der Waals surface area contributed by atoms with Gasteiger partial charge < -0.3 is 15.4 Å². The first-order chi connectivity index (χ1) is 14.6. The Balaban J connectivity index is 1.46. The molecule has 5 rings (SSSR count). The zero-order valence-electron chi connectivity index (χ0n) is 16.6. The third-order valence-corrected chi connectivity index (χ3v) is 6.69. The molecule has 150 valence electrons. The van der Waals surface area contributed by atoms with Gasteiger partial charge in [-0.2, -0.15) is 0 Å². The van der Waals surface area contributed by atoms with Gasteiger partial charge in [-0.05, 0) is 53.9 Å². The highest BCUT2D eigenvalue weighted by atomic mass is 32.1. The van der Waals surface area contributed by atoms with E-state index in [4.69, 9.17) is 15.5 Å². The SMILES string of the molecule is COc1ccc(-c2ccc3c(N)c(C(=O)N4CCc5ccccc5C4)sc3n2)cc1. The summed E-state index contributed by atoms with van der Waals surface area (Å²) in [7, 11) is 1.65. The van der Waals surface area contributed by atoms with Gasteiger partial charge in [0.25, 0.3) is 5.91 Å². The van der Waals surface area contributed by atoms with Crippen LogP contribution in [0.25, 0.3) is 21.5 Å². The normalized spacial score (nSPS) is 13.3. The second-order valence-electron chi connectivity index (χ2n) is 7.37. The van der Waals surface area contributed by atoms with Crippen LogP contribution in [0, 0.1) is 0 Å². The van der Waals surface area contributed by atoms with Crippen LogP contribution in [0.3, 0.4) is 0 Å². The van der Waals surface area contributed by atoms with E-state index in [-0.39, 0.29) is 5.91 Å². The molecule has 30 heavy (non-hydrogen) atoms. The molecule has 0 saturated heterocycles. The largest absolute Gasteiger partial charge is 0.497 e. The highest BCUT2D eigenvalue weighted by molar-refractivity contribution is 7.21. The van der Waals surface area contributed by atoms with Gasteiger partial charge in [-0.15, -0.1) is 11.3 Å². The van der Waals surface area contributed by atoms with Gasteiger partial charge in [-0.3, -0.25) is 4.79 Å². The lowest BCUT2D eigenvalue weighted by Gasteiger charge is -2.28. The lowest BCUT2D eigenvalue weighted by molar-refractivity contribution is 0.0740. The molecule has 2 aromatic carbocycles. The van der Waals surface area contributed by atoms with Crippen molar-refractivity contribution in [3.05, 3.63) is 76.7 Å². The lowest BCUT2D eigenvalue weighted by atomic mass is 10.00. The van der Waals surface area contributed by atoms with Crippen LogP contribution in [0.5, 0.6) is 5.75 Å². The Hall–Kier alpha value is -3.38. The van der Waals surface area contributed by atoms with Crippen LogP contribution in [-0.2, 0) is 13.0 Å². The van der Waals surface area contributed by atoms with Gasteiger partial charge in [0.1, 0.15) is 15.5 Å². The number of ether oxygens (including phenoxy) is 1. The Morgan fingerprint density at radius 2 is 1.83 bits per heavy atom. The van der Waals surface area contributed by atoms with Gasteiger partial charge in [0.05, 0.1) is 18.5 Å². The van der Waals surface area contributed by atoms with Crippen molar-refractivity contribution in [3.8, 4) is 17.0 Å². The first-order valence-corrected chi connectivity index (χ1v) is 10.6. The molecule has 0 fully saturated rings. The van der Waals surface area contributed by atoms with E-state index in [1.807, 2.05) is 53.4 Å². The van der Waals surface area contributed by atoms with Crippen LogP contribution < -0.4 is 10.5 Å². The maximum atomic E-state index is 13.2. The Bertz CT molecular complexity index is 1250. The fourth-order valence-corrected chi connectivity index (χ4v) is 4.95. The molecule has 3 heterocycles. The van der Waals surface area contributed by atoms with E-state index in [1.165, 1.54) is 22.5 Å². The molecule has 5 nitrogen and oxygen atoms in total. The average Bonchev–Trinajstić information content (AvgIpc) is 3.14. The van der Waals surface area contributed by atoms with Gasteiger partial charge >= 0.3 is 0 Å². The van der Waals surface area contributed by atoms with Gasteiger partial charge in [0.15, 0.2) is 0 Å². The highest BCUT2D eigenvalue weighted by Crippen LogP contribution is 2.36. The molecule has 0 aliphatic carbocycles.